The maximum Gasteiger partial charge on any atom is 0.340 e. The van der Waals surface area contributed by atoms with Gasteiger partial charge in [-0.1, -0.05) is 17.7 Å². The second kappa shape index (κ2) is 8.18. The van der Waals surface area contributed by atoms with Crippen LogP contribution in [-0.4, -0.2) is 30.5 Å². The molecule has 4 aliphatic carbocycles. The Balaban J connectivity index is 1.38. The minimum Gasteiger partial charge on any atom is -0.465 e. The number of hydrogen-bond acceptors (Lipinski definition) is 4. The number of esters is 1. The summed E-state index contributed by atoms with van der Waals surface area (Å²) in [4.78, 5) is 30.0. The molecule has 32 heavy (non-hydrogen) atoms. The van der Waals surface area contributed by atoms with E-state index in [1.165, 1.54) is 45.6 Å². The van der Waals surface area contributed by atoms with Crippen LogP contribution in [0.5, 0.6) is 0 Å². The molecule has 1 heterocycles. The highest BCUT2D eigenvalue weighted by molar-refractivity contribution is 6.34. The summed E-state index contributed by atoms with van der Waals surface area (Å²) in [6.07, 6.45) is 7.86. The Bertz CT molecular complexity index is 1050. The number of methoxy groups -OCH3 is 1. The van der Waals surface area contributed by atoms with Crippen LogP contribution in [0.3, 0.4) is 0 Å². The Morgan fingerprint density at radius 3 is 2.34 bits per heavy atom. The lowest BCUT2D eigenvalue weighted by atomic mass is 9.49. The summed E-state index contributed by atoms with van der Waals surface area (Å²) >= 11 is 6.42. The number of halogens is 1. The number of amides is 1. The zero-order valence-corrected chi connectivity index (χ0v) is 19.4. The third-order valence-corrected chi connectivity index (χ3v) is 8.04. The predicted molar refractivity (Wildman–Crippen MR) is 124 cm³/mol. The number of rotatable bonds is 5. The van der Waals surface area contributed by atoms with Crippen molar-refractivity contribution < 1.29 is 14.3 Å². The Kier molecular flexibility index (Phi) is 5.48. The lowest BCUT2D eigenvalue weighted by molar-refractivity contribution is -0.0503. The Labute approximate surface area is 193 Å². The summed E-state index contributed by atoms with van der Waals surface area (Å²) in [7, 11) is 1.34. The summed E-state index contributed by atoms with van der Waals surface area (Å²) in [6, 6.07) is 8.68. The van der Waals surface area contributed by atoms with Crippen molar-refractivity contribution in [3.05, 3.63) is 52.2 Å². The topological polar surface area (TPSA) is 68.3 Å². The minimum absolute atomic E-state index is 0.167. The van der Waals surface area contributed by atoms with Crippen LogP contribution in [0.4, 0.5) is 0 Å². The molecule has 1 amide bonds. The molecule has 6 rings (SSSR count). The zero-order chi connectivity index (χ0) is 22.5. The molecule has 4 fully saturated rings. The monoisotopic (exact) mass is 452 g/mol. The molecule has 0 atom stereocenters. The van der Waals surface area contributed by atoms with Gasteiger partial charge in [0.25, 0.3) is 5.91 Å². The van der Waals surface area contributed by atoms with Crippen LogP contribution >= 0.6 is 11.6 Å². The van der Waals surface area contributed by atoms with Gasteiger partial charge in [0.15, 0.2) is 0 Å². The number of carbonyl (C=O) groups excluding carboxylic acids is 2. The molecule has 0 radical (unpaired) electrons. The number of nitrogens with one attached hydrogen (secondary N) is 1. The third kappa shape index (κ3) is 3.92. The van der Waals surface area contributed by atoms with E-state index in [9.17, 15) is 9.59 Å². The maximum absolute atomic E-state index is 13.2. The van der Waals surface area contributed by atoms with E-state index in [4.69, 9.17) is 16.3 Å². The predicted octanol–water partition coefficient (Wildman–Crippen LogP) is 5.44. The van der Waals surface area contributed by atoms with Gasteiger partial charge in [-0.25, -0.2) is 4.79 Å². The van der Waals surface area contributed by atoms with E-state index < -0.39 is 5.97 Å². The Hall–Kier alpha value is -2.40. The molecule has 0 spiro atoms. The van der Waals surface area contributed by atoms with Gasteiger partial charge in [0, 0.05) is 17.8 Å². The van der Waals surface area contributed by atoms with E-state index in [2.05, 4.69) is 10.3 Å². The molecular weight excluding hydrogens is 424 g/mol. The Morgan fingerprint density at radius 1 is 1.06 bits per heavy atom. The summed E-state index contributed by atoms with van der Waals surface area (Å²) in [5.74, 6) is 1.90. The van der Waals surface area contributed by atoms with Gasteiger partial charge in [-0.3, -0.25) is 9.78 Å². The van der Waals surface area contributed by atoms with E-state index in [1.54, 1.807) is 30.3 Å². The van der Waals surface area contributed by atoms with Crippen LogP contribution in [0.25, 0.3) is 11.3 Å². The molecule has 2 aromatic rings. The second-order valence-corrected chi connectivity index (χ2v) is 10.5. The van der Waals surface area contributed by atoms with Crippen molar-refractivity contribution in [2.45, 2.75) is 45.4 Å². The van der Waals surface area contributed by atoms with Crippen LogP contribution in [0.1, 0.15) is 64.9 Å². The highest BCUT2D eigenvalue weighted by Crippen LogP contribution is 2.59. The van der Waals surface area contributed by atoms with Gasteiger partial charge in [0.05, 0.1) is 29.0 Å². The first-order chi connectivity index (χ1) is 15.4. The number of benzene rings is 1. The number of nitrogens with zero attached hydrogens (tertiary/aromatic N) is 1. The minimum atomic E-state index is -0.463. The number of pyridine rings is 1. The molecule has 4 aliphatic rings. The first-order valence-electron chi connectivity index (χ1n) is 11.5. The smallest absolute Gasteiger partial charge is 0.340 e. The molecular formula is C26H29ClN2O3. The average Bonchev–Trinajstić information content (AvgIpc) is 2.76. The zero-order valence-electron chi connectivity index (χ0n) is 18.6. The first kappa shape index (κ1) is 21.4. The fourth-order valence-electron chi connectivity index (χ4n) is 6.77. The highest BCUT2D eigenvalue weighted by Gasteiger charge is 2.50. The first-order valence-corrected chi connectivity index (χ1v) is 11.9. The second-order valence-electron chi connectivity index (χ2n) is 10.1. The molecule has 4 bridgehead atoms. The molecule has 5 nitrogen and oxygen atoms in total. The molecule has 168 valence electrons. The van der Waals surface area contributed by atoms with Gasteiger partial charge in [-0.05, 0) is 92.9 Å². The van der Waals surface area contributed by atoms with Crippen LogP contribution in [0, 0.1) is 30.1 Å². The fourth-order valence-corrected chi connectivity index (χ4v) is 6.97. The number of aryl methyl sites for hydroxylation is 1. The summed E-state index contributed by atoms with van der Waals surface area (Å²) in [5, 5.41) is 3.59. The fraction of sp³-hybridized carbons (Fsp3) is 0.500. The molecule has 0 saturated heterocycles. The highest BCUT2D eigenvalue weighted by atomic mass is 35.5. The molecule has 1 aromatic carbocycles. The number of aromatic nitrogens is 1. The van der Waals surface area contributed by atoms with Crippen molar-refractivity contribution in [1.82, 2.24) is 10.3 Å². The van der Waals surface area contributed by atoms with Gasteiger partial charge in [-0.15, -0.1) is 0 Å². The summed E-state index contributed by atoms with van der Waals surface area (Å²) in [5.41, 5.74) is 2.95. The quantitative estimate of drug-likeness (QED) is 0.613. The van der Waals surface area contributed by atoms with Gasteiger partial charge < -0.3 is 10.1 Å². The number of ether oxygens (including phenoxy) is 1. The SMILES string of the molecule is COC(=O)c1ccc(C)nc1-c1ccc(Cl)c(C(=O)NCC23CC4CC(CC(C4)C2)C3)c1. The van der Waals surface area contributed by atoms with Crippen LogP contribution < -0.4 is 5.32 Å². The lowest BCUT2D eigenvalue weighted by Gasteiger charge is -2.56. The molecule has 0 aliphatic heterocycles. The maximum atomic E-state index is 13.2. The van der Waals surface area contributed by atoms with Gasteiger partial charge in [-0.2, -0.15) is 0 Å². The van der Waals surface area contributed by atoms with Crippen molar-refractivity contribution >= 4 is 23.5 Å². The largest absolute Gasteiger partial charge is 0.465 e. The number of carbonyl (C=O) groups is 2. The van der Waals surface area contributed by atoms with E-state index in [0.717, 1.165) is 23.4 Å². The van der Waals surface area contributed by atoms with Crippen LogP contribution in [0.2, 0.25) is 5.02 Å². The average molecular weight is 453 g/mol. The summed E-state index contributed by atoms with van der Waals surface area (Å²) in [6.45, 7) is 2.57. The van der Waals surface area contributed by atoms with Gasteiger partial charge in [0.1, 0.15) is 0 Å². The van der Waals surface area contributed by atoms with Crippen molar-refractivity contribution in [1.29, 1.82) is 0 Å². The van der Waals surface area contributed by atoms with E-state index in [-0.39, 0.29) is 11.3 Å². The normalized spacial score (nSPS) is 27.9. The van der Waals surface area contributed by atoms with Crippen molar-refractivity contribution in [3.8, 4) is 11.3 Å². The lowest BCUT2D eigenvalue weighted by Crippen LogP contribution is -2.51. The molecule has 4 saturated carbocycles. The number of hydrogen-bond donors (Lipinski definition) is 1. The van der Waals surface area contributed by atoms with Crippen LogP contribution in [0.15, 0.2) is 30.3 Å². The van der Waals surface area contributed by atoms with E-state index in [0.29, 0.717) is 34.0 Å². The van der Waals surface area contributed by atoms with Crippen molar-refractivity contribution in [2.24, 2.45) is 23.2 Å². The Morgan fingerprint density at radius 2 is 1.72 bits per heavy atom. The standard InChI is InChI=1S/C26H29ClN2O3/c1-15-3-5-20(25(31)32-2)23(29-15)19-4-6-22(27)21(10-19)24(30)28-14-26-11-16-7-17(12-26)9-18(8-16)13-26/h3-6,10,16-18H,7-9,11-14H2,1-2H3,(H,28,30). The molecule has 1 N–H and O–H groups in total. The van der Waals surface area contributed by atoms with E-state index >= 15 is 0 Å². The van der Waals surface area contributed by atoms with Crippen LogP contribution in [-0.2, 0) is 4.74 Å². The summed E-state index contributed by atoms with van der Waals surface area (Å²) < 4.78 is 4.91. The molecule has 6 heteroatoms. The molecule has 0 unspecified atom stereocenters. The van der Waals surface area contributed by atoms with Gasteiger partial charge in [0.2, 0.25) is 0 Å². The van der Waals surface area contributed by atoms with E-state index in [1.807, 2.05) is 6.92 Å². The molecule has 1 aromatic heterocycles. The van der Waals surface area contributed by atoms with Crippen molar-refractivity contribution in [2.75, 3.05) is 13.7 Å². The third-order valence-electron chi connectivity index (χ3n) is 7.71. The van der Waals surface area contributed by atoms with Crippen molar-refractivity contribution in [3.63, 3.8) is 0 Å². The van der Waals surface area contributed by atoms with Gasteiger partial charge >= 0.3 is 5.97 Å².